The summed E-state index contributed by atoms with van der Waals surface area (Å²) in [6.45, 7) is 4.34. The van der Waals surface area contributed by atoms with E-state index in [9.17, 15) is 4.79 Å². The van der Waals surface area contributed by atoms with Crippen LogP contribution < -0.4 is 4.74 Å². The van der Waals surface area contributed by atoms with Gasteiger partial charge in [0.15, 0.2) is 0 Å². The Kier molecular flexibility index (Phi) is 4.35. The Balaban J connectivity index is 1.96. The maximum Gasteiger partial charge on any atom is 0.273 e. The van der Waals surface area contributed by atoms with Gasteiger partial charge in [0.05, 0.1) is 13.2 Å². The summed E-state index contributed by atoms with van der Waals surface area (Å²) in [5.41, 5.74) is 2.35. The van der Waals surface area contributed by atoms with Crippen LogP contribution in [0.2, 0.25) is 5.15 Å². The molecular weight excluding hydrogens is 312 g/mol. The average Bonchev–Trinajstić information content (AvgIpc) is 2.89. The van der Waals surface area contributed by atoms with Gasteiger partial charge in [0.25, 0.3) is 5.91 Å². The van der Waals surface area contributed by atoms with Gasteiger partial charge in [-0.25, -0.2) is 4.98 Å². The van der Waals surface area contributed by atoms with Crippen molar-refractivity contribution < 1.29 is 9.53 Å². The number of hydrogen-bond acceptors (Lipinski definition) is 3. The minimum absolute atomic E-state index is 0.0998. The Labute approximate surface area is 140 Å². The molecular formula is C18H17ClN2O2. The summed E-state index contributed by atoms with van der Waals surface area (Å²) >= 11 is 5.92. The zero-order valence-corrected chi connectivity index (χ0v) is 13.6. The maximum absolute atomic E-state index is 12.7. The highest BCUT2D eigenvalue weighted by Crippen LogP contribution is 2.34. The van der Waals surface area contributed by atoms with Gasteiger partial charge in [-0.1, -0.05) is 35.9 Å². The van der Waals surface area contributed by atoms with Gasteiger partial charge in [-0.2, -0.15) is 0 Å². The van der Waals surface area contributed by atoms with E-state index in [0.717, 1.165) is 16.9 Å². The van der Waals surface area contributed by atoms with E-state index in [4.69, 9.17) is 16.3 Å². The van der Waals surface area contributed by atoms with Crippen LogP contribution >= 0.6 is 11.6 Å². The van der Waals surface area contributed by atoms with Gasteiger partial charge in [-0.05, 0) is 30.2 Å². The number of aromatic nitrogens is 1. The molecule has 23 heavy (non-hydrogen) atoms. The largest absolute Gasteiger partial charge is 0.497 e. The molecule has 0 bridgehead atoms. The lowest BCUT2D eigenvalue weighted by Gasteiger charge is -2.27. The molecule has 1 aromatic heterocycles. The zero-order valence-electron chi connectivity index (χ0n) is 12.8. The van der Waals surface area contributed by atoms with Crippen LogP contribution in [0.3, 0.4) is 0 Å². The van der Waals surface area contributed by atoms with E-state index in [1.165, 1.54) is 0 Å². The van der Waals surface area contributed by atoms with Crippen molar-refractivity contribution in [3.63, 3.8) is 0 Å². The predicted octanol–water partition coefficient (Wildman–Crippen LogP) is 4.02. The lowest BCUT2D eigenvalue weighted by Crippen LogP contribution is -2.29. The summed E-state index contributed by atoms with van der Waals surface area (Å²) in [6.07, 6.45) is 2.47. The van der Waals surface area contributed by atoms with Crippen molar-refractivity contribution >= 4 is 17.5 Å². The topological polar surface area (TPSA) is 42.4 Å². The van der Waals surface area contributed by atoms with Crippen LogP contribution in [0.1, 0.15) is 34.1 Å². The highest BCUT2D eigenvalue weighted by Gasteiger charge is 2.34. The fraction of sp³-hybridized carbons (Fsp3) is 0.222. The molecule has 2 heterocycles. The van der Waals surface area contributed by atoms with Gasteiger partial charge in [0.1, 0.15) is 16.6 Å². The standard InChI is InChI=1S/C18H17ClN2O2/c1-3-5-15(12-6-4-7-14(10-12)23-2)21-11-13-8-9-16(19)20-17(13)18(21)22/h3-4,6-10,15H,1,5,11H2,2H3. The van der Waals surface area contributed by atoms with Crippen LogP contribution in [-0.4, -0.2) is 22.9 Å². The van der Waals surface area contributed by atoms with Crippen molar-refractivity contribution in [1.82, 2.24) is 9.88 Å². The maximum atomic E-state index is 12.7. The molecule has 0 N–H and O–H groups in total. The summed E-state index contributed by atoms with van der Waals surface area (Å²) in [5, 5.41) is 0.334. The zero-order chi connectivity index (χ0) is 16.4. The number of carbonyl (C=O) groups is 1. The second-order valence-electron chi connectivity index (χ2n) is 5.39. The number of ether oxygens (including phenoxy) is 1. The van der Waals surface area contributed by atoms with Crippen molar-refractivity contribution in [1.29, 1.82) is 0 Å². The molecule has 0 aliphatic carbocycles. The Morgan fingerprint density at radius 3 is 3.00 bits per heavy atom. The average molecular weight is 329 g/mol. The number of benzene rings is 1. The Hall–Kier alpha value is -2.33. The van der Waals surface area contributed by atoms with Crippen LogP contribution in [0.4, 0.5) is 0 Å². The van der Waals surface area contributed by atoms with Crippen molar-refractivity contribution in [3.05, 3.63) is 71.0 Å². The van der Waals surface area contributed by atoms with Crippen LogP contribution in [0.5, 0.6) is 5.75 Å². The van der Waals surface area contributed by atoms with Crippen LogP contribution in [0, 0.1) is 0 Å². The molecule has 1 aliphatic heterocycles. The van der Waals surface area contributed by atoms with E-state index >= 15 is 0 Å². The molecule has 118 valence electrons. The number of pyridine rings is 1. The molecule has 0 saturated heterocycles. The SMILES string of the molecule is C=CCC(c1cccc(OC)c1)N1Cc2ccc(Cl)nc2C1=O. The predicted molar refractivity (Wildman–Crippen MR) is 89.7 cm³/mol. The number of rotatable bonds is 5. The number of halogens is 1. The molecule has 0 spiro atoms. The van der Waals surface area contributed by atoms with E-state index in [1.54, 1.807) is 13.2 Å². The molecule has 1 amide bonds. The highest BCUT2D eigenvalue weighted by molar-refractivity contribution is 6.29. The summed E-state index contributed by atoms with van der Waals surface area (Å²) in [6, 6.07) is 11.2. The van der Waals surface area contributed by atoms with Gasteiger partial charge in [-0.15, -0.1) is 6.58 Å². The van der Waals surface area contributed by atoms with Gasteiger partial charge in [-0.3, -0.25) is 4.79 Å². The fourth-order valence-corrected chi connectivity index (χ4v) is 3.02. The third-order valence-corrected chi connectivity index (χ3v) is 4.20. The van der Waals surface area contributed by atoms with Crippen molar-refractivity contribution in [3.8, 4) is 5.75 Å². The highest BCUT2D eigenvalue weighted by atomic mass is 35.5. The quantitative estimate of drug-likeness (QED) is 0.615. The Morgan fingerprint density at radius 1 is 1.43 bits per heavy atom. The van der Waals surface area contributed by atoms with Crippen molar-refractivity contribution in [2.24, 2.45) is 0 Å². The number of carbonyl (C=O) groups excluding carboxylic acids is 1. The molecule has 1 aromatic carbocycles. The second kappa shape index (κ2) is 6.42. The fourth-order valence-electron chi connectivity index (χ4n) is 2.87. The second-order valence-corrected chi connectivity index (χ2v) is 5.78. The van der Waals surface area contributed by atoms with Gasteiger partial charge >= 0.3 is 0 Å². The van der Waals surface area contributed by atoms with E-state index in [0.29, 0.717) is 23.8 Å². The van der Waals surface area contributed by atoms with E-state index in [1.807, 2.05) is 41.3 Å². The smallest absolute Gasteiger partial charge is 0.273 e. The molecule has 5 heteroatoms. The summed E-state index contributed by atoms with van der Waals surface area (Å²) < 4.78 is 5.29. The lowest BCUT2D eigenvalue weighted by atomic mass is 10.0. The van der Waals surface area contributed by atoms with Gasteiger partial charge in [0, 0.05) is 12.1 Å². The first-order valence-corrected chi connectivity index (χ1v) is 7.73. The van der Waals surface area contributed by atoms with E-state index in [2.05, 4.69) is 11.6 Å². The Morgan fingerprint density at radius 2 is 2.26 bits per heavy atom. The number of amides is 1. The molecule has 4 nitrogen and oxygen atoms in total. The lowest BCUT2D eigenvalue weighted by molar-refractivity contribution is 0.0698. The summed E-state index contributed by atoms with van der Waals surface area (Å²) in [4.78, 5) is 18.7. The van der Waals surface area contributed by atoms with Gasteiger partial charge in [0.2, 0.25) is 0 Å². The van der Waals surface area contributed by atoms with Crippen LogP contribution in [0.25, 0.3) is 0 Å². The molecule has 1 atom stereocenters. The normalized spacial score (nSPS) is 14.5. The third kappa shape index (κ3) is 2.94. The van der Waals surface area contributed by atoms with E-state index in [-0.39, 0.29) is 11.9 Å². The molecule has 1 unspecified atom stereocenters. The number of fused-ring (bicyclic) bond motifs is 1. The van der Waals surface area contributed by atoms with E-state index < -0.39 is 0 Å². The first kappa shape index (κ1) is 15.6. The molecule has 3 rings (SSSR count). The summed E-state index contributed by atoms with van der Waals surface area (Å²) in [5.74, 6) is 0.666. The minimum atomic E-state index is -0.108. The first-order valence-electron chi connectivity index (χ1n) is 7.35. The monoisotopic (exact) mass is 328 g/mol. The summed E-state index contributed by atoms with van der Waals surface area (Å²) in [7, 11) is 1.63. The number of methoxy groups -OCH3 is 1. The molecule has 1 aliphatic rings. The van der Waals surface area contributed by atoms with Crippen molar-refractivity contribution in [2.45, 2.75) is 19.0 Å². The molecule has 0 radical (unpaired) electrons. The number of nitrogens with zero attached hydrogens (tertiary/aromatic N) is 2. The van der Waals surface area contributed by atoms with Crippen LogP contribution in [0.15, 0.2) is 49.1 Å². The Bertz CT molecular complexity index is 760. The van der Waals surface area contributed by atoms with Crippen molar-refractivity contribution in [2.75, 3.05) is 7.11 Å². The number of hydrogen-bond donors (Lipinski definition) is 0. The third-order valence-electron chi connectivity index (χ3n) is 3.99. The first-order chi connectivity index (χ1) is 11.1. The van der Waals surface area contributed by atoms with Crippen LogP contribution in [-0.2, 0) is 6.54 Å². The molecule has 2 aromatic rings. The minimum Gasteiger partial charge on any atom is -0.497 e. The molecule has 0 fully saturated rings. The van der Waals surface area contributed by atoms with Gasteiger partial charge < -0.3 is 9.64 Å². The molecule has 0 saturated carbocycles.